The molecule has 0 aromatic heterocycles. The molecule has 1 aromatic carbocycles. The summed E-state index contributed by atoms with van der Waals surface area (Å²) in [5.74, 6) is -3.78. The van der Waals surface area contributed by atoms with Gasteiger partial charge in [-0.15, -0.1) is 0 Å². The van der Waals surface area contributed by atoms with Gasteiger partial charge in [-0.25, -0.2) is 13.6 Å². The van der Waals surface area contributed by atoms with Crippen LogP contribution < -0.4 is 10.6 Å². The third kappa shape index (κ3) is 5.17. The third-order valence-corrected chi connectivity index (χ3v) is 2.55. The largest absolute Gasteiger partial charge is 0.481 e. The van der Waals surface area contributed by atoms with Crippen LogP contribution in [-0.2, 0) is 9.59 Å². The summed E-state index contributed by atoms with van der Waals surface area (Å²) in [6, 6.07) is 1.36. The number of carbonyl (C=O) groups is 3. The Bertz CT molecular complexity index is 567. The molecule has 0 unspecified atom stereocenters. The maximum absolute atomic E-state index is 12.9. The highest BCUT2D eigenvalue weighted by molar-refractivity contribution is 6.02. The fraction of sp³-hybridized carbons (Fsp3) is 0.308. The molecular weight excluding hydrogens is 286 g/mol. The number of carboxylic acids is 1. The molecule has 114 valence electrons. The summed E-state index contributed by atoms with van der Waals surface area (Å²) in [6.45, 7) is 2.66. The van der Waals surface area contributed by atoms with Crippen LogP contribution >= 0.6 is 0 Å². The molecule has 0 aliphatic rings. The predicted molar refractivity (Wildman–Crippen MR) is 69.6 cm³/mol. The second kappa shape index (κ2) is 6.29. The number of imide groups is 1. The number of hydrogen-bond acceptors (Lipinski definition) is 3. The summed E-state index contributed by atoms with van der Waals surface area (Å²) in [6.07, 6.45) is -0.423. The molecule has 0 bridgehead atoms. The lowest BCUT2D eigenvalue weighted by atomic mass is 9.89. The van der Waals surface area contributed by atoms with E-state index in [9.17, 15) is 23.2 Å². The second-order valence-corrected chi connectivity index (χ2v) is 5.03. The Hall–Kier alpha value is -2.51. The number of nitrogens with one attached hydrogen (secondary N) is 2. The van der Waals surface area contributed by atoms with Crippen molar-refractivity contribution in [1.29, 1.82) is 0 Å². The maximum atomic E-state index is 12.9. The smallest absolute Gasteiger partial charge is 0.325 e. The minimum atomic E-state index is -1.34. The zero-order chi connectivity index (χ0) is 16.2. The van der Waals surface area contributed by atoms with Crippen molar-refractivity contribution in [2.45, 2.75) is 20.3 Å². The van der Waals surface area contributed by atoms with Gasteiger partial charge in [0, 0.05) is 18.2 Å². The molecule has 0 spiro atoms. The first-order valence-corrected chi connectivity index (χ1v) is 5.90. The highest BCUT2D eigenvalue weighted by Crippen LogP contribution is 2.20. The average molecular weight is 300 g/mol. The molecular formula is C13H14F2N2O4. The van der Waals surface area contributed by atoms with Crippen molar-refractivity contribution < 1.29 is 28.3 Å². The highest BCUT2D eigenvalue weighted by Gasteiger charge is 2.30. The second-order valence-electron chi connectivity index (χ2n) is 5.03. The molecule has 0 saturated carbocycles. The molecule has 1 rings (SSSR count). The minimum absolute atomic E-state index is 0.171. The summed E-state index contributed by atoms with van der Waals surface area (Å²) < 4.78 is 25.8. The maximum Gasteiger partial charge on any atom is 0.325 e. The zero-order valence-corrected chi connectivity index (χ0v) is 11.4. The van der Waals surface area contributed by atoms with Gasteiger partial charge in [-0.05, 0) is 26.0 Å². The molecule has 21 heavy (non-hydrogen) atoms. The van der Waals surface area contributed by atoms with Gasteiger partial charge in [0.1, 0.15) is 11.6 Å². The highest BCUT2D eigenvalue weighted by atomic mass is 19.1. The van der Waals surface area contributed by atoms with E-state index >= 15 is 0 Å². The lowest BCUT2D eigenvalue weighted by molar-refractivity contribution is -0.149. The Morgan fingerprint density at radius 3 is 2.14 bits per heavy atom. The first-order valence-electron chi connectivity index (χ1n) is 5.90. The molecule has 3 amide bonds. The molecule has 0 radical (unpaired) electrons. The Balaban J connectivity index is 2.61. The monoisotopic (exact) mass is 300 g/mol. The molecule has 3 N–H and O–H groups in total. The van der Waals surface area contributed by atoms with Gasteiger partial charge < -0.3 is 10.4 Å². The SMILES string of the molecule is CC(C)(CC(=O)NC(=O)Nc1cc(F)cc(F)c1)C(=O)O. The lowest BCUT2D eigenvalue weighted by Gasteiger charge is -2.17. The molecule has 0 fully saturated rings. The number of carboxylic acid groups (broad SMARTS) is 1. The first-order chi connectivity index (χ1) is 9.60. The third-order valence-electron chi connectivity index (χ3n) is 2.55. The van der Waals surface area contributed by atoms with E-state index in [1.807, 2.05) is 5.32 Å². The van der Waals surface area contributed by atoms with E-state index in [2.05, 4.69) is 5.32 Å². The lowest BCUT2D eigenvalue weighted by Crippen LogP contribution is -2.38. The Kier molecular flexibility index (Phi) is 4.96. The Labute approximate surface area is 119 Å². The molecule has 0 aliphatic carbocycles. The van der Waals surface area contributed by atoms with Crippen LogP contribution in [0.5, 0.6) is 0 Å². The van der Waals surface area contributed by atoms with Crippen molar-refractivity contribution in [3.63, 3.8) is 0 Å². The summed E-state index contributed by atoms with van der Waals surface area (Å²) >= 11 is 0. The van der Waals surface area contributed by atoms with Crippen molar-refractivity contribution >= 4 is 23.6 Å². The molecule has 8 heteroatoms. The van der Waals surface area contributed by atoms with Crippen molar-refractivity contribution in [2.24, 2.45) is 5.41 Å². The molecule has 0 atom stereocenters. The van der Waals surface area contributed by atoms with Crippen molar-refractivity contribution in [2.75, 3.05) is 5.32 Å². The van der Waals surface area contributed by atoms with Crippen LogP contribution in [-0.4, -0.2) is 23.0 Å². The predicted octanol–water partition coefficient (Wildman–Crippen LogP) is 2.11. The normalized spacial score (nSPS) is 10.9. The van der Waals surface area contributed by atoms with E-state index in [0.29, 0.717) is 6.07 Å². The van der Waals surface area contributed by atoms with Gasteiger partial charge in [-0.3, -0.25) is 14.9 Å². The first kappa shape index (κ1) is 16.5. The number of benzene rings is 1. The van der Waals surface area contributed by atoms with Gasteiger partial charge in [0.15, 0.2) is 0 Å². The number of rotatable bonds is 4. The number of amides is 3. The molecule has 0 aliphatic heterocycles. The van der Waals surface area contributed by atoms with Crippen molar-refractivity contribution in [1.82, 2.24) is 5.32 Å². The van der Waals surface area contributed by atoms with E-state index < -0.39 is 41.4 Å². The standard InChI is InChI=1S/C13H14F2N2O4/c1-13(2,11(19)20)6-10(18)17-12(21)16-9-4-7(14)3-8(15)5-9/h3-5H,6H2,1-2H3,(H,19,20)(H2,16,17,18,21). The van der Waals surface area contributed by atoms with Crippen LogP contribution in [0.1, 0.15) is 20.3 Å². The van der Waals surface area contributed by atoms with E-state index in [0.717, 1.165) is 12.1 Å². The quantitative estimate of drug-likeness (QED) is 0.793. The molecule has 0 heterocycles. The average Bonchev–Trinajstić information content (AvgIpc) is 2.25. The number of anilines is 1. The summed E-state index contributed by atoms with van der Waals surface area (Å²) in [5.41, 5.74) is -1.51. The van der Waals surface area contributed by atoms with Crippen molar-refractivity contribution in [3.05, 3.63) is 29.8 Å². The Morgan fingerprint density at radius 2 is 1.67 bits per heavy atom. The van der Waals surface area contributed by atoms with Crippen LogP contribution in [0.15, 0.2) is 18.2 Å². The summed E-state index contributed by atoms with van der Waals surface area (Å²) in [7, 11) is 0. The van der Waals surface area contributed by atoms with Gasteiger partial charge in [-0.1, -0.05) is 0 Å². The fourth-order valence-electron chi connectivity index (χ4n) is 1.44. The number of aliphatic carboxylic acids is 1. The zero-order valence-electron chi connectivity index (χ0n) is 11.4. The van der Waals surface area contributed by atoms with Gasteiger partial charge in [-0.2, -0.15) is 0 Å². The summed E-state index contributed by atoms with van der Waals surface area (Å²) in [4.78, 5) is 33.8. The van der Waals surface area contributed by atoms with Gasteiger partial charge >= 0.3 is 12.0 Å². The van der Waals surface area contributed by atoms with Crippen molar-refractivity contribution in [3.8, 4) is 0 Å². The van der Waals surface area contributed by atoms with E-state index in [4.69, 9.17) is 5.11 Å². The number of hydrogen-bond donors (Lipinski definition) is 3. The van der Waals surface area contributed by atoms with E-state index in [1.54, 1.807) is 0 Å². The van der Waals surface area contributed by atoms with Crippen LogP contribution in [0.2, 0.25) is 0 Å². The number of carbonyl (C=O) groups excluding carboxylic acids is 2. The minimum Gasteiger partial charge on any atom is -0.481 e. The topological polar surface area (TPSA) is 95.5 Å². The number of urea groups is 1. The Morgan fingerprint density at radius 1 is 1.14 bits per heavy atom. The van der Waals surface area contributed by atoms with E-state index in [-0.39, 0.29) is 5.69 Å². The van der Waals surface area contributed by atoms with Crippen LogP contribution in [0, 0.1) is 17.0 Å². The van der Waals surface area contributed by atoms with Crippen LogP contribution in [0.3, 0.4) is 0 Å². The van der Waals surface area contributed by atoms with Crippen LogP contribution in [0.4, 0.5) is 19.3 Å². The van der Waals surface area contributed by atoms with Crippen LogP contribution in [0.25, 0.3) is 0 Å². The number of halogens is 2. The van der Waals surface area contributed by atoms with Gasteiger partial charge in [0.2, 0.25) is 5.91 Å². The fourth-order valence-corrected chi connectivity index (χ4v) is 1.44. The van der Waals surface area contributed by atoms with Gasteiger partial charge in [0.25, 0.3) is 0 Å². The molecule has 6 nitrogen and oxygen atoms in total. The summed E-state index contributed by atoms with van der Waals surface area (Å²) in [5, 5.41) is 12.8. The molecule has 1 aromatic rings. The molecule has 0 saturated heterocycles. The van der Waals surface area contributed by atoms with E-state index in [1.165, 1.54) is 13.8 Å². The van der Waals surface area contributed by atoms with Gasteiger partial charge in [0.05, 0.1) is 5.41 Å².